The minimum Gasteiger partial charge on any atom is -0.508 e. The van der Waals surface area contributed by atoms with E-state index in [2.05, 4.69) is 53.2 Å². The van der Waals surface area contributed by atoms with Crippen molar-refractivity contribution in [2.45, 2.75) is 203 Å². The van der Waals surface area contributed by atoms with Gasteiger partial charge in [-0.2, -0.15) is 0 Å². The highest BCUT2D eigenvalue weighted by Gasteiger charge is 2.35. The van der Waals surface area contributed by atoms with E-state index in [0.29, 0.717) is 114 Å². The third-order valence-electron chi connectivity index (χ3n) is 15.3. The molecule has 94 heavy (non-hydrogen) atoms. The van der Waals surface area contributed by atoms with Gasteiger partial charge in [0.05, 0.1) is 19.1 Å². The number of amides is 10. The van der Waals surface area contributed by atoms with Gasteiger partial charge in [-0.15, -0.1) is 0 Å². The van der Waals surface area contributed by atoms with E-state index < -0.39 is 133 Å². The lowest BCUT2D eigenvalue weighted by Crippen LogP contribution is -2.60. The second-order valence-electron chi connectivity index (χ2n) is 23.9. The summed E-state index contributed by atoms with van der Waals surface area (Å²) in [5.74, 6) is -8.97. The summed E-state index contributed by atoms with van der Waals surface area (Å²) in [4.78, 5) is 151. The number of carbonyl (C=O) groups is 11. The summed E-state index contributed by atoms with van der Waals surface area (Å²) in [5.41, 5.74) is 42.0. The Kier molecular flexibility index (Phi) is 41.9. The van der Waals surface area contributed by atoms with Gasteiger partial charge < -0.3 is 104 Å². The van der Waals surface area contributed by atoms with Crippen LogP contribution in [0.25, 0.3) is 0 Å². The molecule has 30 nitrogen and oxygen atoms in total. The SMILES string of the molecule is CC(C)C[C@H](NC(=O)[C@H](Cc1ccccc1)NC(=O)CNC(=O)CNC(=O)[C@H](Cc1ccc(O)cc1)NC(=O)[C@H](CCCCN)NC(=O)[C@H](CCCCN)NC(=O)[C@H](CCCCN)NC(=O)[C@H](CCCCN)NC(=O)[C@H](CCCCN)NC(=O)[C@@H](N)CCCCN)C(=O)O. The van der Waals surface area contributed by atoms with Gasteiger partial charge in [-0.05, 0) is 184 Å². The average Bonchev–Trinajstić information content (AvgIpc) is 1.67. The Hall–Kier alpha value is -7.87. The highest BCUT2D eigenvalue weighted by atomic mass is 16.4. The number of aromatic hydroxyl groups is 1. The summed E-state index contributed by atoms with van der Waals surface area (Å²) in [5, 5.41) is 46.2. The largest absolute Gasteiger partial charge is 0.508 e. The number of phenols is 1. The van der Waals surface area contributed by atoms with Gasteiger partial charge >= 0.3 is 5.97 Å². The van der Waals surface area contributed by atoms with Crippen molar-refractivity contribution < 1.29 is 63.0 Å². The second kappa shape index (κ2) is 47.9. The molecule has 0 aliphatic carbocycles. The molecule has 30 heteroatoms. The molecular weight excluding hydrogens is 1210 g/mol. The normalized spacial score (nSPS) is 14.0. The quantitative estimate of drug-likeness (QED) is 0.0305. The maximum Gasteiger partial charge on any atom is 0.326 e. The molecule has 2 aromatic rings. The Morgan fingerprint density at radius 2 is 0.681 bits per heavy atom. The molecule has 0 saturated carbocycles. The lowest BCUT2D eigenvalue weighted by atomic mass is 10.0. The summed E-state index contributed by atoms with van der Waals surface area (Å²) in [7, 11) is 0. The van der Waals surface area contributed by atoms with Crippen LogP contribution in [0, 0.1) is 5.92 Å². The Morgan fingerprint density at radius 1 is 0.362 bits per heavy atom. The Bertz CT molecular complexity index is 2620. The molecule has 528 valence electrons. The van der Waals surface area contributed by atoms with Crippen LogP contribution >= 0.6 is 0 Å². The molecule has 9 atom stereocenters. The number of carboxylic acid groups (broad SMARTS) is 1. The van der Waals surface area contributed by atoms with Gasteiger partial charge in [-0.1, -0.05) is 62.7 Å². The number of phenolic OH excluding ortho intramolecular Hbond substituents is 1. The highest BCUT2D eigenvalue weighted by molar-refractivity contribution is 5.98. The molecule has 0 fully saturated rings. The molecule has 0 heterocycles. The number of carboxylic acids is 1. The molecule has 10 amide bonds. The van der Waals surface area contributed by atoms with Crippen LogP contribution in [0.2, 0.25) is 0 Å². The van der Waals surface area contributed by atoms with E-state index in [0.717, 1.165) is 0 Å². The van der Waals surface area contributed by atoms with Crippen molar-refractivity contribution in [3.05, 3.63) is 65.7 Å². The van der Waals surface area contributed by atoms with E-state index in [1.54, 1.807) is 44.2 Å². The fraction of sp³-hybridized carbons (Fsp3) is 0.641. The molecule has 0 saturated heterocycles. The smallest absolute Gasteiger partial charge is 0.326 e. The summed E-state index contributed by atoms with van der Waals surface area (Å²) >= 11 is 0. The molecule has 2 rings (SSSR count). The molecule has 0 spiro atoms. The van der Waals surface area contributed by atoms with Crippen molar-refractivity contribution in [1.82, 2.24) is 53.2 Å². The van der Waals surface area contributed by atoms with Gasteiger partial charge in [0.1, 0.15) is 54.1 Å². The van der Waals surface area contributed by atoms with Gasteiger partial charge in [0.25, 0.3) is 0 Å². The van der Waals surface area contributed by atoms with Gasteiger partial charge in [-0.3, -0.25) is 47.9 Å². The van der Waals surface area contributed by atoms with Crippen molar-refractivity contribution >= 4 is 65.0 Å². The molecule has 26 N–H and O–H groups in total. The zero-order valence-electron chi connectivity index (χ0n) is 54.9. The van der Waals surface area contributed by atoms with E-state index >= 15 is 0 Å². The molecule has 0 aliphatic heterocycles. The summed E-state index contributed by atoms with van der Waals surface area (Å²) in [6.07, 6.45) is 6.23. The first-order valence-corrected chi connectivity index (χ1v) is 33.0. The zero-order chi connectivity index (χ0) is 69.8. The third-order valence-corrected chi connectivity index (χ3v) is 15.3. The Labute approximate surface area is 552 Å². The van der Waals surface area contributed by atoms with Gasteiger partial charge in [-0.25, -0.2) is 4.79 Å². The number of aliphatic carboxylic acids is 1. The van der Waals surface area contributed by atoms with Gasteiger partial charge in [0.15, 0.2) is 0 Å². The van der Waals surface area contributed by atoms with E-state index in [9.17, 15) is 63.0 Å². The topological polar surface area (TPSA) is 531 Å². The molecule has 0 radical (unpaired) electrons. The van der Waals surface area contributed by atoms with Gasteiger partial charge in [0.2, 0.25) is 59.1 Å². The molecule has 0 aromatic heterocycles. The first kappa shape index (κ1) is 82.2. The number of nitrogens with two attached hydrogens (primary N) is 7. The van der Waals surface area contributed by atoms with Crippen LogP contribution in [0.1, 0.15) is 147 Å². The third kappa shape index (κ3) is 34.3. The van der Waals surface area contributed by atoms with Crippen LogP contribution in [0.3, 0.4) is 0 Å². The monoisotopic (exact) mass is 1320 g/mol. The first-order valence-electron chi connectivity index (χ1n) is 33.0. The van der Waals surface area contributed by atoms with E-state index in [-0.39, 0.29) is 82.7 Å². The predicted octanol–water partition coefficient (Wildman–Crippen LogP) is -2.48. The predicted molar refractivity (Wildman–Crippen MR) is 356 cm³/mol. The number of nitrogens with one attached hydrogen (secondary N) is 10. The van der Waals surface area contributed by atoms with E-state index in [1.165, 1.54) is 24.3 Å². The maximum atomic E-state index is 14.6. The van der Waals surface area contributed by atoms with Crippen LogP contribution in [0.15, 0.2) is 54.6 Å². The number of unbranched alkanes of at least 4 members (excludes halogenated alkanes) is 6. The maximum absolute atomic E-state index is 14.6. The summed E-state index contributed by atoms with van der Waals surface area (Å²) < 4.78 is 0. The van der Waals surface area contributed by atoms with Crippen molar-refractivity contribution in [3.8, 4) is 5.75 Å². The van der Waals surface area contributed by atoms with Crippen LogP contribution in [-0.4, -0.2) is 182 Å². The molecular formula is C64H109N17O13. The first-order chi connectivity index (χ1) is 45.0. The van der Waals surface area contributed by atoms with Gasteiger partial charge in [0, 0.05) is 12.8 Å². The van der Waals surface area contributed by atoms with Crippen LogP contribution < -0.4 is 93.3 Å². The van der Waals surface area contributed by atoms with E-state index in [1.807, 2.05) is 0 Å². The number of carbonyl (C=O) groups excluding carboxylic acids is 10. The molecule has 0 aliphatic rings. The molecule has 0 bridgehead atoms. The highest BCUT2D eigenvalue weighted by Crippen LogP contribution is 2.15. The number of benzene rings is 2. The van der Waals surface area contributed by atoms with E-state index in [4.69, 9.17) is 40.1 Å². The standard InChI is InChI=1S/C64H109N17O13/c1-41(2)36-53(64(93)94)81-63(92)52(37-42-18-4-3-5-19-42)74-55(84)40-72-54(83)39-73-57(86)51(38-43-26-28-44(82)29-27-43)80-62(91)50(25-11-17-35-70)79-61(90)49(24-10-16-34-69)78-60(89)48(23-9-15-33-68)77-59(88)47(22-8-14-32-67)76-58(87)46(21-7-13-31-66)75-56(85)45(71)20-6-12-30-65/h3-5,18-19,26-29,41,45-53,82H,6-17,20-25,30-40,65-71H2,1-2H3,(H,72,83)(H,73,86)(H,74,84)(H,75,85)(H,76,87)(H,77,88)(H,78,89)(H,79,90)(H,80,91)(H,81,92)(H,93,94)/t45-,46-,47-,48-,49-,50-,51-,52-,53-/m0/s1. The van der Waals surface area contributed by atoms with Crippen molar-refractivity contribution in [2.75, 3.05) is 52.4 Å². The molecule has 0 unspecified atom stereocenters. The summed E-state index contributed by atoms with van der Waals surface area (Å²) in [6, 6.07) is 3.45. The second-order valence-corrected chi connectivity index (χ2v) is 23.9. The number of rotatable bonds is 51. The van der Waals surface area contributed by atoms with Crippen LogP contribution in [0.5, 0.6) is 5.75 Å². The zero-order valence-corrected chi connectivity index (χ0v) is 54.9. The van der Waals surface area contributed by atoms with Crippen molar-refractivity contribution in [3.63, 3.8) is 0 Å². The average molecular weight is 1320 g/mol. The lowest BCUT2D eigenvalue weighted by Gasteiger charge is -2.28. The fourth-order valence-corrected chi connectivity index (χ4v) is 9.97. The fourth-order valence-electron chi connectivity index (χ4n) is 9.97. The molecule has 2 aromatic carbocycles. The lowest BCUT2D eigenvalue weighted by molar-refractivity contribution is -0.142. The minimum atomic E-state index is -1.41. The van der Waals surface area contributed by atoms with Crippen LogP contribution in [-0.2, 0) is 65.6 Å². The summed E-state index contributed by atoms with van der Waals surface area (Å²) in [6.45, 7) is 4.04. The number of hydrogen-bond donors (Lipinski definition) is 19. The van der Waals surface area contributed by atoms with Crippen LogP contribution in [0.4, 0.5) is 0 Å². The Balaban J connectivity index is 2.41. The van der Waals surface area contributed by atoms with Crippen molar-refractivity contribution in [2.24, 2.45) is 46.1 Å². The number of hydrogen-bond acceptors (Lipinski definition) is 19. The van der Waals surface area contributed by atoms with Crippen molar-refractivity contribution in [1.29, 1.82) is 0 Å². The minimum absolute atomic E-state index is 0.00904. The Morgan fingerprint density at radius 3 is 1.05 bits per heavy atom.